The highest BCUT2D eigenvalue weighted by Gasteiger charge is 2.31. The lowest BCUT2D eigenvalue weighted by atomic mass is 10.0. The van der Waals surface area contributed by atoms with Gasteiger partial charge >= 0.3 is 0 Å². The molecule has 1 aliphatic rings. The predicted molar refractivity (Wildman–Crippen MR) is 76.1 cm³/mol. The molecular weight excluding hydrogens is 248 g/mol. The second-order valence-electron chi connectivity index (χ2n) is 6.47. The largest absolute Gasteiger partial charge is 0.313 e. The van der Waals surface area contributed by atoms with Crippen molar-refractivity contribution in [3.05, 3.63) is 0 Å². The summed E-state index contributed by atoms with van der Waals surface area (Å²) in [4.78, 5) is 0. The van der Waals surface area contributed by atoms with E-state index in [0.717, 1.165) is 25.8 Å². The summed E-state index contributed by atoms with van der Waals surface area (Å²) in [7, 11) is -3.11. The quantitative estimate of drug-likeness (QED) is 0.833. The Morgan fingerprint density at radius 2 is 2.00 bits per heavy atom. The fourth-order valence-corrected chi connectivity index (χ4v) is 4.44. The standard InChI is InChI=1S/C13H28N2O2S/c1-5-8-14-12-7-6-9-15(10-12)18(16,17)11-13(2,3)4/h12,14H,5-11H2,1-4H3. The normalized spacial score (nSPS) is 23.2. The van der Waals surface area contributed by atoms with E-state index < -0.39 is 10.0 Å². The molecule has 0 aromatic rings. The fraction of sp³-hybridized carbons (Fsp3) is 1.00. The van der Waals surface area contributed by atoms with Crippen LogP contribution in [0, 0.1) is 5.41 Å². The third-order valence-electron chi connectivity index (χ3n) is 3.08. The molecule has 4 nitrogen and oxygen atoms in total. The van der Waals surface area contributed by atoms with Gasteiger partial charge in [0.15, 0.2) is 0 Å². The molecule has 108 valence electrons. The third-order valence-corrected chi connectivity index (χ3v) is 5.43. The van der Waals surface area contributed by atoms with Crippen LogP contribution >= 0.6 is 0 Å². The molecule has 0 bridgehead atoms. The Hall–Kier alpha value is -0.130. The van der Waals surface area contributed by atoms with Gasteiger partial charge in [0.2, 0.25) is 10.0 Å². The number of nitrogens with one attached hydrogen (secondary N) is 1. The number of sulfonamides is 1. The zero-order valence-corrected chi connectivity index (χ0v) is 13.0. The van der Waals surface area contributed by atoms with Gasteiger partial charge in [-0.05, 0) is 31.2 Å². The van der Waals surface area contributed by atoms with Gasteiger partial charge in [0.25, 0.3) is 0 Å². The predicted octanol–water partition coefficient (Wildman–Crippen LogP) is 1.83. The maximum atomic E-state index is 12.3. The molecule has 1 heterocycles. The van der Waals surface area contributed by atoms with E-state index in [1.54, 1.807) is 4.31 Å². The Morgan fingerprint density at radius 1 is 1.33 bits per heavy atom. The number of rotatable bonds is 5. The molecule has 0 aromatic carbocycles. The minimum Gasteiger partial charge on any atom is -0.313 e. The Balaban J connectivity index is 2.60. The van der Waals surface area contributed by atoms with Crippen molar-refractivity contribution in [3.8, 4) is 0 Å². The smallest absolute Gasteiger partial charge is 0.214 e. The molecule has 18 heavy (non-hydrogen) atoms. The van der Waals surface area contributed by atoms with E-state index in [2.05, 4.69) is 12.2 Å². The van der Waals surface area contributed by atoms with Crippen molar-refractivity contribution in [1.82, 2.24) is 9.62 Å². The minimum absolute atomic E-state index is 0.178. The topological polar surface area (TPSA) is 49.4 Å². The van der Waals surface area contributed by atoms with Gasteiger partial charge in [-0.3, -0.25) is 0 Å². The zero-order valence-electron chi connectivity index (χ0n) is 12.2. The average molecular weight is 276 g/mol. The van der Waals surface area contributed by atoms with Crippen molar-refractivity contribution in [2.45, 2.75) is 53.0 Å². The minimum atomic E-state index is -3.11. The first kappa shape index (κ1) is 15.9. The highest BCUT2D eigenvalue weighted by Crippen LogP contribution is 2.21. The first-order chi connectivity index (χ1) is 8.24. The lowest BCUT2D eigenvalue weighted by molar-refractivity contribution is 0.280. The Kier molecular flexibility index (Phi) is 5.62. The van der Waals surface area contributed by atoms with Crippen molar-refractivity contribution < 1.29 is 8.42 Å². The van der Waals surface area contributed by atoms with Crippen LogP contribution in [-0.4, -0.2) is 44.2 Å². The van der Waals surface area contributed by atoms with Gasteiger partial charge in [-0.25, -0.2) is 12.7 Å². The number of piperidine rings is 1. The molecule has 0 aromatic heterocycles. The van der Waals surface area contributed by atoms with E-state index in [0.29, 0.717) is 19.1 Å². The Morgan fingerprint density at radius 3 is 2.56 bits per heavy atom. The molecule has 5 heteroatoms. The van der Waals surface area contributed by atoms with Crippen LogP contribution in [0.3, 0.4) is 0 Å². The lowest BCUT2D eigenvalue weighted by Gasteiger charge is -2.34. The van der Waals surface area contributed by atoms with Gasteiger partial charge in [0, 0.05) is 19.1 Å². The molecule has 0 aliphatic carbocycles. The number of nitrogens with zero attached hydrogens (tertiary/aromatic N) is 1. The zero-order chi connectivity index (χ0) is 13.8. The van der Waals surface area contributed by atoms with Crippen LogP contribution < -0.4 is 5.32 Å². The van der Waals surface area contributed by atoms with E-state index in [1.807, 2.05) is 20.8 Å². The highest BCUT2D eigenvalue weighted by molar-refractivity contribution is 7.89. The molecule has 1 unspecified atom stereocenters. The monoisotopic (exact) mass is 276 g/mol. The molecule has 1 N–H and O–H groups in total. The molecule has 0 radical (unpaired) electrons. The first-order valence-corrected chi connectivity index (χ1v) is 8.57. The van der Waals surface area contributed by atoms with E-state index in [-0.39, 0.29) is 11.2 Å². The van der Waals surface area contributed by atoms with Crippen LogP contribution in [0.4, 0.5) is 0 Å². The van der Waals surface area contributed by atoms with Crippen molar-refractivity contribution >= 4 is 10.0 Å². The first-order valence-electron chi connectivity index (χ1n) is 6.96. The van der Waals surface area contributed by atoms with Gasteiger partial charge in [-0.15, -0.1) is 0 Å². The fourth-order valence-electron chi connectivity index (χ4n) is 2.35. The summed E-state index contributed by atoms with van der Waals surface area (Å²) in [6.45, 7) is 10.3. The summed E-state index contributed by atoms with van der Waals surface area (Å²) in [5.41, 5.74) is -0.178. The van der Waals surface area contributed by atoms with Crippen LogP contribution in [-0.2, 0) is 10.0 Å². The number of hydrogen-bond acceptors (Lipinski definition) is 3. The van der Waals surface area contributed by atoms with E-state index in [9.17, 15) is 8.42 Å². The molecular formula is C13H28N2O2S. The van der Waals surface area contributed by atoms with Crippen LogP contribution in [0.1, 0.15) is 47.0 Å². The van der Waals surface area contributed by atoms with Crippen molar-refractivity contribution in [2.24, 2.45) is 5.41 Å². The summed E-state index contributed by atoms with van der Waals surface area (Å²) in [5.74, 6) is 0.237. The van der Waals surface area contributed by atoms with Crippen LogP contribution in [0.5, 0.6) is 0 Å². The SMILES string of the molecule is CCCNC1CCCN(S(=O)(=O)CC(C)(C)C)C1. The average Bonchev–Trinajstić information content (AvgIpc) is 2.23. The van der Waals surface area contributed by atoms with Crippen molar-refractivity contribution in [1.29, 1.82) is 0 Å². The molecule has 1 saturated heterocycles. The van der Waals surface area contributed by atoms with Crippen LogP contribution in [0.2, 0.25) is 0 Å². The van der Waals surface area contributed by atoms with Crippen LogP contribution in [0.25, 0.3) is 0 Å². The lowest BCUT2D eigenvalue weighted by Crippen LogP contribution is -2.49. The van der Waals surface area contributed by atoms with Crippen molar-refractivity contribution in [2.75, 3.05) is 25.4 Å². The third kappa shape index (κ3) is 5.24. The number of hydrogen-bond donors (Lipinski definition) is 1. The molecule has 1 aliphatic heterocycles. The molecule has 0 saturated carbocycles. The molecule has 1 rings (SSSR count). The summed E-state index contributed by atoms with van der Waals surface area (Å²) in [6.07, 6.45) is 3.14. The molecule has 0 spiro atoms. The molecule has 0 amide bonds. The van der Waals surface area contributed by atoms with Crippen LogP contribution in [0.15, 0.2) is 0 Å². The van der Waals surface area contributed by atoms with Gasteiger partial charge < -0.3 is 5.32 Å². The van der Waals surface area contributed by atoms with E-state index in [1.165, 1.54) is 0 Å². The van der Waals surface area contributed by atoms with E-state index in [4.69, 9.17) is 0 Å². The van der Waals surface area contributed by atoms with Gasteiger partial charge in [0.1, 0.15) is 0 Å². The van der Waals surface area contributed by atoms with Crippen molar-refractivity contribution in [3.63, 3.8) is 0 Å². The van der Waals surface area contributed by atoms with Gasteiger partial charge in [-0.1, -0.05) is 27.7 Å². The summed E-state index contributed by atoms with van der Waals surface area (Å²) in [6, 6.07) is 0.327. The van der Waals surface area contributed by atoms with E-state index >= 15 is 0 Å². The summed E-state index contributed by atoms with van der Waals surface area (Å²) in [5, 5.41) is 3.43. The maximum Gasteiger partial charge on any atom is 0.214 e. The molecule has 1 atom stereocenters. The Labute approximate surface area is 112 Å². The maximum absolute atomic E-state index is 12.3. The second-order valence-corrected chi connectivity index (χ2v) is 8.44. The molecule has 1 fully saturated rings. The summed E-state index contributed by atoms with van der Waals surface area (Å²) < 4.78 is 26.3. The van der Waals surface area contributed by atoms with Gasteiger partial charge in [-0.2, -0.15) is 0 Å². The second kappa shape index (κ2) is 6.35. The Bertz CT molecular complexity index is 346. The highest BCUT2D eigenvalue weighted by atomic mass is 32.2. The summed E-state index contributed by atoms with van der Waals surface area (Å²) >= 11 is 0. The van der Waals surface area contributed by atoms with Gasteiger partial charge in [0.05, 0.1) is 5.75 Å².